The average molecular weight is 361 g/mol. The Kier molecular flexibility index (Phi) is 15.8. The van der Waals surface area contributed by atoms with Gasteiger partial charge in [-0.05, 0) is 45.4 Å². The SMILES string of the molecule is CC(C)C[C@@H](C#N)NC(=O)OC(C)(C)C.CC(C)C[C@H](N)C#N.Cl. The molecule has 24 heavy (non-hydrogen) atoms. The van der Waals surface area contributed by atoms with Crippen LogP contribution >= 0.6 is 12.4 Å². The smallest absolute Gasteiger partial charge is 0.408 e. The van der Waals surface area contributed by atoms with Crippen LogP contribution in [0.3, 0.4) is 0 Å². The zero-order chi connectivity index (χ0) is 18.6. The van der Waals surface area contributed by atoms with E-state index in [1.54, 1.807) is 20.8 Å². The quantitative estimate of drug-likeness (QED) is 0.775. The summed E-state index contributed by atoms with van der Waals surface area (Å²) in [4.78, 5) is 11.3. The molecule has 2 atom stereocenters. The van der Waals surface area contributed by atoms with Gasteiger partial charge in [0.25, 0.3) is 0 Å². The Labute approximate surface area is 153 Å². The van der Waals surface area contributed by atoms with Crippen molar-refractivity contribution in [2.75, 3.05) is 0 Å². The Bertz CT molecular complexity index is 420. The van der Waals surface area contributed by atoms with Gasteiger partial charge in [-0.2, -0.15) is 10.5 Å². The van der Waals surface area contributed by atoms with Gasteiger partial charge >= 0.3 is 6.09 Å². The Morgan fingerprint density at radius 3 is 1.79 bits per heavy atom. The van der Waals surface area contributed by atoms with E-state index in [0.717, 1.165) is 6.42 Å². The average Bonchev–Trinajstić information content (AvgIpc) is 2.34. The number of nitrogens with one attached hydrogen (secondary N) is 1. The number of alkyl carbamates (subject to hydrolysis) is 1. The first-order valence-electron chi connectivity index (χ1n) is 7.95. The number of nitriles is 2. The summed E-state index contributed by atoms with van der Waals surface area (Å²) in [6, 6.07) is 3.27. The predicted molar refractivity (Wildman–Crippen MR) is 98.5 cm³/mol. The Morgan fingerprint density at radius 2 is 1.54 bits per heavy atom. The van der Waals surface area contributed by atoms with Crippen LogP contribution in [0.5, 0.6) is 0 Å². The summed E-state index contributed by atoms with van der Waals surface area (Å²) in [5.74, 6) is 0.897. The molecule has 0 rings (SSSR count). The van der Waals surface area contributed by atoms with Gasteiger partial charge in [0, 0.05) is 0 Å². The van der Waals surface area contributed by atoms with E-state index in [2.05, 4.69) is 19.2 Å². The summed E-state index contributed by atoms with van der Waals surface area (Å²) in [5, 5.41) is 19.5. The standard InChI is InChI=1S/C11H20N2O2.C6H12N2.ClH/c1-8(2)6-9(7-12)13-10(14)15-11(3,4)5;1-5(2)3-6(8)4-7;/h8-9H,6H2,1-5H3,(H,13,14);5-6H,3,8H2,1-2H3;1H/t9-;6-;/m00./s1. The molecule has 1 amide bonds. The maximum Gasteiger partial charge on any atom is 0.408 e. The summed E-state index contributed by atoms with van der Waals surface area (Å²) < 4.78 is 5.05. The fourth-order valence-corrected chi connectivity index (χ4v) is 1.63. The minimum atomic E-state index is -0.533. The molecule has 0 unspecified atom stereocenters. The van der Waals surface area contributed by atoms with E-state index in [1.165, 1.54) is 0 Å². The molecule has 7 heteroatoms. The fraction of sp³-hybridized carbons (Fsp3) is 0.824. The molecule has 0 aliphatic rings. The van der Waals surface area contributed by atoms with Gasteiger partial charge < -0.3 is 15.8 Å². The van der Waals surface area contributed by atoms with E-state index in [-0.39, 0.29) is 18.4 Å². The Hall–Kier alpha value is -1.50. The molecular formula is C17H33ClN4O2. The topological polar surface area (TPSA) is 112 Å². The van der Waals surface area contributed by atoms with Gasteiger partial charge in [-0.3, -0.25) is 0 Å². The highest BCUT2D eigenvalue weighted by molar-refractivity contribution is 5.85. The monoisotopic (exact) mass is 360 g/mol. The highest BCUT2D eigenvalue weighted by atomic mass is 35.5. The summed E-state index contributed by atoms with van der Waals surface area (Å²) in [6.45, 7) is 13.5. The third-order valence-corrected chi connectivity index (χ3v) is 2.45. The molecule has 0 aliphatic carbocycles. The number of carbonyl (C=O) groups is 1. The van der Waals surface area contributed by atoms with Crippen molar-refractivity contribution in [1.29, 1.82) is 10.5 Å². The number of rotatable bonds is 5. The molecule has 0 saturated carbocycles. The zero-order valence-corrected chi connectivity index (χ0v) is 16.7. The van der Waals surface area contributed by atoms with Crippen molar-refractivity contribution < 1.29 is 9.53 Å². The van der Waals surface area contributed by atoms with E-state index in [0.29, 0.717) is 18.3 Å². The lowest BCUT2D eigenvalue weighted by Gasteiger charge is -2.21. The van der Waals surface area contributed by atoms with Crippen LogP contribution in [0.25, 0.3) is 0 Å². The Morgan fingerprint density at radius 1 is 1.08 bits per heavy atom. The van der Waals surface area contributed by atoms with Gasteiger partial charge in [-0.25, -0.2) is 4.79 Å². The van der Waals surface area contributed by atoms with Gasteiger partial charge in [0.05, 0.1) is 18.2 Å². The van der Waals surface area contributed by atoms with Gasteiger partial charge in [0.2, 0.25) is 0 Å². The summed E-state index contributed by atoms with van der Waals surface area (Å²) in [6.07, 6.45) is 0.904. The van der Waals surface area contributed by atoms with Crippen LogP contribution in [0.1, 0.15) is 61.3 Å². The maximum atomic E-state index is 11.3. The number of hydrogen-bond acceptors (Lipinski definition) is 5. The minimum absolute atomic E-state index is 0. The van der Waals surface area contributed by atoms with Crippen LogP contribution in [0.2, 0.25) is 0 Å². The molecule has 0 spiro atoms. The molecule has 0 aromatic heterocycles. The molecule has 0 heterocycles. The first-order valence-corrected chi connectivity index (χ1v) is 7.95. The number of hydrogen-bond donors (Lipinski definition) is 2. The number of carbonyl (C=O) groups excluding carboxylic acids is 1. The van der Waals surface area contributed by atoms with Gasteiger partial charge in [-0.1, -0.05) is 27.7 Å². The van der Waals surface area contributed by atoms with Crippen LogP contribution in [0.4, 0.5) is 4.79 Å². The van der Waals surface area contributed by atoms with E-state index in [4.69, 9.17) is 21.0 Å². The van der Waals surface area contributed by atoms with Crippen molar-refractivity contribution in [3.05, 3.63) is 0 Å². The second kappa shape index (κ2) is 13.9. The molecule has 140 valence electrons. The van der Waals surface area contributed by atoms with Crippen molar-refractivity contribution in [3.63, 3.8) is 0 Å². The van der Waals surface area contributed by atoms with E-state index in [9.17, 15) is 4.79 Å². The molecule has 0 bridgehead atoms. The van der Waals surface area contributed by atoms with Crippen LogP contribution in [0.15, 0.2) is 0 Å². The molecule has 0 aromatic rings. The molecule has 3 N–H and O–H groups in total. The fourth-order valence-electron chi connectivity index (χ4n) is 1.63. The van der Waals surface area contributed by atoms with E-state index in [1.807, 2.05) is 26.0 Å². The van der Waals surface area contributed by atoms with E-state index >= 15 is 0 Å². The molecule has 0 fully saturated rings. The largest absolute Gasteiger partial charge is 0.444 e. The van der Waals surface area contributed by atoms with Crippen molar-refractivity contribution in [2.45, 2.75) is 79.0 Å². The number of amides is 1. The second-order valence-corrected chi connectivity index (χ2v) is 7.32. The molecule has 0 aromatic carbocycles. The predicted octanol–water partition coefficient (Wildman–Crippen LogP) is 3.75. The third-order valence-electron chi connectivity index (χ3n) is 2.45. The third kappa shape index (κ3) is 20.5. The van der Waals surface area contributed by atoms with Gasteiger partial charge in [0.15, 0.2) is 0 Å². The second-order valence-electron chi connectivity index (χ2n) is 7.32. The van der Waals surface area contributed by atoms with Crippen molar-refractivity contribution in [2.24, 2.45) is 17.6 Å². The molecule has 0 aliphatic heterocycles. The highest BCUT2D eigenvalue weighted by Crippen LogP contribution is 2.08. The van der Waals surface area contributed by atoms with Crippen molar-refractivity contribution in [3.8, 4) is 12.1 Å². The number of halogens is 1. The van der Waals surface area contributed by atoms with Crippen molar-refractivity contribution in [1.82, 2.24) is 5.32 Å². The summed E-state index contributed by atoms with van der Waals surface area (Å²) in [7, 11) is 0. The normalized spacial score (nSPS) is 12.7. The van der Waals surface area contributed by atoms with Gasteiger partial charge in [-0.15, -0.1) is 12.4 Å². The molecule has 6 nitrogen and oxygen atoms in total. The van der Waals surface area contributed by atoms with Crippen LogP contribution < -0.4 is 11.1 Å². The number of ether oxygens (including phenoxy) is 1. The van der Waals surface area contributed by atoms with E-state index < -0.39 is 17.7 Å². The summed E-state index contributed by atoms with van der Waals surface area (Å²) in [5.41, 5.74) is 4.79. The lowest BCUT2D eigenvalue weighted by molar-refractivity contribution is 0.0512. The maximum absolute atomic E-state index is 11.3. The summed E-state index contributed by atoms with van der Waals surface area (Å²) >= 11 is 0. The molecule has 0 saturated heterocycles. The molecule has 0 radical (unpaired) electrons. The highest BCUT2D eigenvalue weighted by Gasteiger charge is 2.19. The van der Waals surface area contributed by atoms with Crippen LogP contribution in [-0.2, 0) is 4.74 Å². The first kappa shape index (κ1) is 27.4. The zero-order valence-electron chi connectivity index (χ0n) is 15.9. The van der Waals surface area contributed by atoms with Crippen molar-refractivity contribution >= 4 is 18.5 Å². The lowest BCUT2D eigenvalue weighted by atomic mass is 10.1. The molecular weight excluding hydrogens is 328 g/mol. The van der Waals surface area contributed by atoms with Crippen LogP contribution in [-0.4, -0.2) is 23.8 Å². The van der Waals surface area contributed by atoms with Gasteiger partial charge in [0.1, 0.15) is 11.6 Å². The lowest BCUT2D eigenvalue weighted by Crippen LogP contribution is -2.39. The first-order chi connectivity index (χ1) is 10.4. The number of nitrogens with two attached hydrogens (primary N) is 1. The van der Waals surface area contributed by atoms with Crippen LogP contribution in [0, 0.1) is 34.5 Å². The number of nitrogens with zero attached hydrogens (tertiary/aromatic N) is 2. The Balaban J connectivity index is -0.000000419. The minimum Gasteiger partial charge on any atom is -0.444 e.